The molecule has 1 aliphatic carbocycles. The Morgan fingerprint density at radius 3 is 2.79 bits per heavy atom. The van der Waals surface area contributed by atoms with Crippen molar-refractivity contribution < 1.29 is 0 Å². The lowest BCUT2D eigenvalue weighted by atomic mass is 9.93. The third kappa shape index (κ3) is 3.06. The molecule has 1 aromatic heterocycles. The number of nitrogens with one attached hydrogen (secondary N) is 1. The molecule has 0 amide bonds. The van der Waals surface area contributed by atoms with Crippen LogP contribution in [0.3, 0.4) is 0 Å². The second-order valence-electron chi connectivity index (χ2n) is 5.57. The predicted molar refractivity (Wildman–Crippen MR) is 84.5 cm³/mol. The van der Waals surface area contributed by atoms with Crippen LogP contribution < -0.4 is 11.1 Å². The van der Waals surface area contributed by atoms with Crippen LogP contribution in [0.1, 0.15) is 44.4 Å². The highest BCUT2D eigenvalue weighted by Crippen LogP contribution is 2.35. The zero-order chi connectivity index (χ0) is 14.0. The molecule has 0 saturated heterocycles. The molecule has 1 heterocycles. The summed E-state index contributed by atoms with van der Waals surface area (Å²) in [6.07, 6.45) is 3.75. The van der Waals surface area contributed by atoms with Crippen molar-refractivity contribution in [3.63, 3.8) is 0 Å². The number of hydrogen-bond acceptors (Lipinski definition) is 3. The Hall–Kier alpha value is -1.16. The van der Waals surface area contributed by atoms with Crippen molar-refractivity contribution in [3.05, 3.63) is 23.4 Å². The van der Waals surface area contributed by atoms with Gasteiger partial charge in [0.05, 0.1) is 5.56 Å². The first kappa shape index (κ1) is 14.3. The van der Waals surface area contributed by atoms with Gasteiger partial charge < -0.3 is 11.1 Å². The highest BCUT2D eigenvalue weighted by Gasteiger charge is 2.32. The molecule has 0 aliphatic heterocycles. The molecule has 3 N–H and O–H groups in total. The molecule has 4 heteroatoms. The van der Waals surface area contributed by atoms with E-state index in [1.807, 2.05) is 19.1 Å². The molecular weight excluding hydrogens is 254 g/mol. The standard InChI is InChI=1S/C15H23N3S/c1-4-11-6-8-13(10(11)3)18-15-12(14(16)19)7-5-9(2)17-15/h5,7,10-11,13H,4,6,8H2,1-3H3,(H2,16,19)(H,17,18). The van der Waals surface area contributed by atoms with Crippen molar-refractivity contribution in [2.24, 2.45) is 17.6 Å². The van der Waals surface area contributed by atoms with E-state index < -0.39 is 0 Å². The summed E-state index contributed by atoms with van der Waals surface area (Å²) in [4.78, 5) is 4.97. The van der Waals surface area contributed by atoms with Crippen molar-refractivity contribution in [1.29, 1.82) is 0 Å². The van der Waals surface area contributed by atoms with Crippen LogP contribution in [0.5, 0.6) is 0 Å². The molecule has 2 rings (SSSR count). The molecule has 0 aromatic carbocycles. The van der Waals surface area contributed by atoms with E-state index in [1.165, 1.54) is 19.3 Å². The number of nitrogens with two attached hydrogens (primary N) is 1. The first-order valence-electron chi connectivity index (χ1n) is 7.07. The minimum absolute atomic E-state index is 0.410. The average molecular weight is 277 g/mol. The van der Waals surface area contributed by atoms with Gasteiger partial charge in [0.2, 0.25) is 0 Å². The highest BCUT2D eigenvalue weighted by molar-refractivity contribution is 7.80. The average Bonchev–Trinajstić information content (AvgIpc) is 2.70. The van der Waals surface area contributed by atoms with Crippen LogP contribution in [0.25, 0.3) is 0 Å². The smallest absolute Gasteiger partial charge is 0.136 e. The van der Waals surface area contributed by atoms with Gasteiger partial charge in [-0.1, -0.05) is 32.5 Å². The number of thiocarbonyl (C=S) groups is 1. The van der Waals surface area contributed by atoms with Crippen LogP contribution >= 0.6 is 12.2 Å². The van der Waals surface area contributed by atoms with Crippen molar-refractivity contribution >= 4 is 23.0 Å². The SMILES string of the molecule is CCC1CCC(Nc2nc(C)ccc2C(N)=S)C1C. The van der Waals surface area contributed by atoms with E-state index in [2.05, 4.69) is 24.1 Å². The van der Waals surface area contributed by atoms with Crippen molar-refractivity contribution in [1.82, 2.24) is 4.98 Å². The van der Waals surface area contributed by atoms with E-state index in [-0.39, 0.29) is 0 Å². The third-order valence-corrected chi connectivity index (χ3v) is 4.59. The quantitative estimate of drug-likeness (QED) is 0.829. The largest absolute Gasteiger partial charge is 0.389 e. The summed E-state index contributed by atoms with van der Waals surface area (Å²) in [5.74, 6) is 2.34. The Kier molecular flexibility index (Phi) is 4.40. The zero-order valence-electron chi connectivity index (χ0n) is 11.9. The Labute approximate surface area is 121 Å². The Morgan fingerprint density at radius 2 is 2.21 bits per heavy atom. The van der Waals surface area contributed by atoms with Crippen LogP contribution in [0, 0.1) is 18.8 Å². The summed E-state index contributed by atoms with van der Waals surface area (Å²) in [5.41, 5.74) is 7.62. The van der Waals surface area contributed by atoms with Gasteiger partial charge >= 0.3 is 0 Å². The van der Waals surface area contributed by atoms with Crippen molar-refractivity contribution in [2.45, 2.75) is 46.1 Å². The number of aromatic nitrogens is 1. The molecule has 1 aromatic rings. The molecular formula is C15H23N3S. The number of anilines is 1. The van der Waals surface area contributed by atoms with Gasteiger partial charge in [-0.2, -0.15) is 0 Å². The van der Waals surface area contributed by atoms with Crippen molar-refractivity contribution in [3.8, 4) is 0 Å². The second kappa shape index (κ2) is 5.87. The summed E-state index contributed by atoms with van der Waals surface area (Å²) in [7, 11) is 0. The van der Waals surface area contributed by atoms with Crippen LogP contribution in [0.4, 0.5) is 5.82 Å². The maximum Gasteiger partial charge on any atom is 0.136 e. The first-order chi connectivity index (χ1) is 9.02. The fourth-order valence-corrected chi connectivity index (χ4v) is 3.23. The van der Waals surface area contributed by atoms with Gasteiger partial charge in [-0.3, -0.25) is 0 Å². The minimum atomic E-state index is 0.410. The minimum Gasteiger partial charge on any atom is -0.389 e. The molecule has 0 radical (unpaired) electrons. The molecule has 3 unspecified atom stereocenters. The van der Waals surface area contributed by atoms with Gasteiger partial charge in [0, 0.05) is 11.7 Å². The number of rotatable bonds is 4. The van der Waals surface area contributed by atoms with Gasteiger partial charge in [-0.05, 0) is 43.7 Å². The summed E-state index contributed by atoms with van der Waals surface area (Å²) in [6, 6.07) is 4.39. The van der Waals surface area contributed by atoms with E-state index in [4.69, 9.17) is 18.0 Å². The lowest BCUT2D eigenvalue weighted by Crippen LogP contribution is -2.27. The zero-order valence-corrected chi connectivity index (χ0v) is 12.8. The summed E-state index contributed by atoms with van der Waals surface area (Å²) in [6.45, 7) is 6.59. The second-order valence-corrected chi connectivity index (χ2v) is 6.01. The number of pyridine rings is 1. The lowest BCUT2D eigenvalue weighted by molar-refractivity contribution is 0.391. The van der Waals surface area contributed by atoms with E-state index in [9.17, 15) is 0 Å². The molecule has 1 fully saturated rings. The molecule has 0 spiro atoms. The van der Waals surface area contributed by atoms with Gasteiger partial charge in [-0.15, -0.1) is 0 Å². The van der Waals surface area contributed by atoms with E-state index in [0.717, 1.165) is 23.0 Å². The number of hydrogen-bond donors (Lipinski definition) is 2. The van der Waals surface area contributed by atoms with E-state index in [0.29, 0.717) is 16.9 Å². The van der Waals surface area contributed by atoms with Crippen LogP contribution in [-0.2, 0) is 0 Å². The monoisotopic (exact) mass is 277 g/mol. The van der Waals surface area contributed by atoms with Gasteiger partial charge in [0.25, 0.3) is 0 Å². The van der Waals surface area contributed by atoms with Crippen LogP contribution in [0.15, 0.2) is 12.1 Å². The summed E-state index contributed by atoms with van der Waals surface area (Å²) < 4.78 is 0. The fraction of sp³-hybridized carbons (Fsp3) is 0.600. The molecule has 1 saturated carbocycles. The maximum atomic E-state index is 5.78. The Balaban J connectivity index is 2.19. The molecule has 104 valence electrons. The van der Waals surface area contributed by atoms with Gasteiger partial charge in [0.15, 0.2) is 0 Å². The predicted octanol–water partition coefficient (Wildman–Crippen LogP) is 3.26. The molecule has 3 nitrogen and oxygen atoms in total. The molecule has 1 aliphatic rings. The Morgan fingerprint density at radius 1 is 1.47 bits per heavy atom. The van der Waals surface area contributed by atoms with Crippen molar-refractivity contribution in [2.75, 3.05) is 5.32 Å². The fourth-order valence-electron chi connectivity index (χ4n) is 3.07. The van der Waals surface area contributed by atoms with E-state index in [1.54, 1.807) is 0 Å². The van der Waals surface area contributed by atoms with Crippen LogP contribution in [0.2, 0.25) is 0 Å². The van der Waals surface area contributed by atoms with E-state index >= 15 is 0 Å². The highest BCUT2D eigenvalue weighted by atomic mass is 32.1. The first-order valence-corrected chi connectivity index (χ1v) is 7.47. The molecule has 19 heavy (non-hydrogen) atoms. The van der Waals surface area contributed by atoms with Crippen LogP contribution in [-0.4, -0.2) is 16.0 Å². The summed E-state index contributed by atoms with van der Waals surface area (Å²) >= 11 is 5.11. The number of nitrogens with zero attached hydrogens (tertiary/aromatic N) is 1. The Bertz CT molecular complexity index is 472. The van der Waals surface area contributed by atoms with Gasteiger partial charge in [0.1, 0.15) is 10.8 Å². The summed E-state index contributed by atoms with van der Waals surface area (Å²) in [5, 5.41) is 3.57. The lowest BCUT2D eigenvalue weighted by Gasteiger charge is -2.22. The maximum absolute atomic E-state index is 5.78. The normalized spacial score (nSPS) is 26.4. The third-order valence-electron chi connectivity index (χ3n) is 4.37. The molecule has 0 bridgehead atoms. The molecule has 3 atom stereocenters. The number of aryl methyl sites for hydroxylation is 1. The van der Waals surface area contributed by atoms with Gasteiger partial charge in [-0.25, -0.2) is 4.98 Å². The topological polar surface area (TPSA) is 50.9 Å².